The lowest BCUT2D eigenvalue weighted by atomic mass is 9.64. The molecule has 5 aromatic carbocycles. The van der Waals surface area contributed by atoms with Crippen LogP contribution >= 0.6 is 0 Å². The van der Waals surface area contributed by atoms with Crippen molar-refractivity contribution < 1.29 is 34.1 Å². The average Bonchev–Trinajstić information content (AvgIpc) is 3.76. The number of esters is 1. The molecule has 3 fully saturated rings. The molecule has 0 aromatic heterocycles. The van der Waals surface area contributed by atoms with Crippen LogP contribution in [0.4, 0.5) is 10.5 Å². The van der Waals surface area contributed by atoms with Crippen molar-refractivity contribution in [1.82, 2.24) is 15.1 Å². The number of fused-ring (bicyclic) bond motifs is 3. The highest BCUT2D eigenvalue weighted by atomic mass is 16.6. The van der Waals surface area contributed by atoms with Gasteiger partial charge in [-0.2, -0.15) is 0 Å². The smallest absolute Gasteiger partial charge is 0.329 e. The minimum Gasteiger partial charge on any atom is -0.508 e. The van der Waals surface area contributed by atoms with Gasteiger partial charge in [0, 0.05) is 25.1 Å². The summed E-state index contributed by atoms with van der Waals surface area (Å²) in [6.07, 6.45) is 3.79. The van der Waals surface area contributed by atoms with Gasteiger partial charge in [-0.15, -0.1) is 0 Å². The molecule has 4 heterocycles. The Labute approximate surface area is 373 Å². The Morgan fingerprint density at radius 2 is 1.41 bits per heavy atom. The Morgan fingerprint density at radius 3 is 2.06 bits per heavy atom. The minimum absolute atomic E-state index is 0.00377. The number of benzene rings is 5. The maximum absolute atomic E-state index is 16.5. The van der Waals surface area contributed by atoms with E-state index in [0.717, 1.165) is 53.7 Å². The van der Waals surface area contributed by atoms with Crippen LogP contribution in [0.3, 0.4) is 0 Å². The first kappa shape index (κ1) is 42.6. The van der Waals surface area contributed by atoms with Gasteiger partial charge in [-0.25, -0.2) is 9.69 Å². The van der Waals surface area contributed by atoms with E-state index < -0.39 is 59.5 Å². The zero-order valence-corrected chi connectivity index (χ0v) is 35.8. The number of ether oxygens (including phenoxy) is 1. The van der Waals surface area contributed by atoms with Crippen LogP contribution < -0.4 is 10.2 Å². The Hall–Kier alpha value is -6.74. The summed E-state index contributed by atoms with van der Waals surface area (Å²) < 4.78 is 6.62. The lowest BCUT2D eigenvalue weighted by Gasteiger charge is -2.46. The summed E-state index contributed by atoms with van der Waals surface area (Å²) in [5.74, 6) is 3.09. The first-order valence-corrected chi connectivity index (χ1v) is 22.3. The third-order valence-electron chi connectivity index (χ3n) is 13.4. The molecule has 4 aliphatic heterocycles. The number of rotatable bonds is 7. The largest absolute Gasteiger partial charge is 0.508 e. The standard InChI is InChI=1S/C53H52N4O7/c1-35(37-19-8-5-9-20-37)54-52(63)56-43-30-25-36(18-14-17-33-58)34-42(43)53(51(56)62)44(49(60)55-31-15-3-2-4-16-32-55)46-50(61)64-47(39-23-12-7-13-24-39)45(38-21-10-6-11-22-38)57(46)48(53)40-26-28-41(59)29-27-40/h5-13,19-30,34-35,44-48,58-59H,2-4,15-17,31-33H2,1H3,(H,54,63)/t35-,44+,45+,46+,47-,48-,53+/m1/s1. The third-order valence-corrected chi connectivity index (χ3v) is 13.4. The predicted molar refractivity (Wildman–Crippen MR) is 242 cm³/mol. The Morgan fingerprint density at radius 1 is 0.781 bits per heavy atom. The van der Waals surface area contributed by atoms with Crippen molar-refractivity contribution in [3.05, 3.63) is 167 Å². The molecule has 9 rings (SSSR count). The second-order valence-corrected chi connectivity index (χ2v) is 17.2. The molecule has 5 aromatic rings. The van der Waals surface area contributed by atoms with Gasteiger partial charge in [-0.3, -0.25) is 19.3 Å². The number of anilines is 1. The lowest BCUT2D eigenvalue weighted by molar-refractivity contribution is -0.179. The molecule has 1 spiro atoms. The van der Waals surface area contributed by atoms with E-state index in [-0.39, 0.29) is 30.4 Å². The molecule has 3 N–H and O–H groups in total. The van der Waals surface area contributed by atoms with Crippen molar-refractivity contribution >= 4 is 29.5 Å². The van der Waals surface area contributed by atoms with Crippen molar-refractivity contribution in [3.63, 3.8) is 0 Å². The highest BCUT2D eigenvalue weighted by Gasteiger charge is 2.76. The molecule has 0 aliphatic carbocycles. The summed E-state index contributed by atoms with van der Waals surface area (Å²) in [5.41, 5.74) is 2.16. The second kappa shape index (κ2) is 18.2. The number of morpholine rings is 1. The molecular weight excluding hydrogens is 805 g/mol. The molecule has 11 heteroatoms. The van der Waals surface area contributed by atoms with Gasteiger partial charge in [0.2, 0.25) is 11.8 Å². The molecule has 0 radical (unpaired) electrons. The topological polar surface area (TPSA) is 140 Å². The first-order valence-electron chi connectivity index (χ1n) is 22.3. The van der Waals surface area contributed by atoms with Crippen molar-refractivity contribution in [2.75, 3.05) is 24.6 Å². The Balaban J connectivity index is 1.34. The van der Waals surface area contributed by atoms with Crippen LogP contribution in [0.1, 0.15) is 103 Å². The molecule has 4 aliphatic rings. The summed E-state index contributed by atoms with van der Waals surface area (Å²) in [5, 5.41) is 23.5. The van der Waals surface area contributed by atoms with Crippen LogP contribution in [-0.2, 0) is 24.5 Å². The fourth-order valence-electron chi connectivity index (χ4n) is 10.6. The molecule has 11 nitrogen and oxygen atoms in total. The number of cyclic esters (lactones) is 1. The second-order valence-electron chi connectivity index (χ2n) is 17.2. The predicted octanol–water partition coefficient (Wildman–Crippen LogP) is 8.06. The molecular formula is C53H52N4O7. The zero-order chi connectivity index (χ0) is 44.4. The lowest BCUT2D eigenvalue weighted by Crippen LogP contribution is -2.57. The highest BCUT2D eigenvalue weighted by Crippen LogP contribution is 2.66. The fourth-order valence-corrected chi connectivity index (χ4v) is 10.6. The summed E-state index contributed by atoms with van der Waals surface area (Å²) in [4.78, 5) is 67.9. The van der Waals surface area contributed by atoms with Crippen molar-refractivity contribution in [3.8, 4) is 17.6 Å². The van der Waals surface area contributed by atoms with Crippen molar-refractivity contribution in [2.24, 2.45) is 5.92 Å². The quantitative estimate of drug-likeness (QED) is 0.110. The van der Waals surface area contributed by atoms with Gasteiger partial charge in [-0.1, -0.05) is 134 Å². The maximum Gasteiger partial charge on any atom is 0.329 e. The van der Waals surface area contributed by atoms with Gasteiger partial charge in [0.15, 0.2) is 0 Å². The van der Waals surface area contributed by atoms with Crippen LogP contribution in [-0.4, -0.2) is 69.6 Å². The van der Waals surface area contributed by atoms with E-state index in [9.17, 15) is 15.0 Å². The van der Waals surface area contributed by atoms with Crippen molar-refractivity contribution in [2.45, 2.75) is 81.1 Å². The summed E-state index contributed by atoms with van der Waals surface area (Å²) in [6, 6.07) is 36.1. The number of carbonyl (C=O) groups is 4. The number of amides is 4. The van der Waals surface area contributed by atoms with Crippen LogP contribution in [0.5, 0.6) is 5.75 Å². The van der Waals surface area contributed by atoms with Gasteiger partial charge >= 0.3 is 12.0 Å². The number of phenols is 1. The fraction of sp³-hybridized carbons (Fsp3) is 0.321. The number of hydrogen-bond donors (Lipinski definition) is 3. The Kier molecular flexibility index (Phi) is 12.1. The molecule has 0 bridgehead atoms. The van der Waals surface area contributed by atoms with Crippen LogP contribution in [0.15, 0.2) is 133 Å². The summed E-state index contributed by atoms with van der Waals surface area (Å²) >= 11 is 0. The molecule has 0 saturated carbocycles. The highest BCUT2D eigenvalue weighted by molar-refractivity contribution is 6.24. The van der Waals surface area contributed by atoms with E-state index in [4.69, 9.17) is 4.74 Å². The monoisotopic (exact) mass is 856 g/mol. The van der Waals surface area contributed by atoms with E-state index in [1.165, 1.54) is 0 Å². The first-order chi connectivity index (χ1) is 31.2. The number of nitrogens with one attached hydrogen (secondary N) is 1. The number of nitrogens with zero attached hydrogens (tertiary/aromatic N) is 3. The number of imide groups is 1. The number of likely N-dealkylation sites (tertiary alicyclic amines) is 1. The van der Waals surface area contributed by atoms with Crippen molar-refractivity contribution in [1.29, 1.82) is 0 Å². The number of aliphatic hydroxyl groups excluding tert-OH is 1. The van der Waals surface area contributed by atoms with E-state index >= 15 is 14.4 Å². The molecule has 0 unspecified atom stereocenters. The SMILES string of the molecule is C[C@@H](NC(=O)N1C(=O)[C@@]2(c3cc(C#CCCO)ccc31)[C@H](C(=O)N1CCCCCCC1)[C@H]1C(=O)O[C@H](c3ccccc3)[C@H](c3ccccc3)N1[C@@H]2c1ccc(O)cc1)c1ccccc1. The number of urea groups is 1. The van der Waals surface area contributed by atoms with E-state index in [2.05, 4.69) is 17.2 Å². The van der Waals surface area contributed by atoms with E-state index in [1.54, 1.807) is 42.5 Å². The van der Waals surface area contributed by atoms with E-state index in [0.29, 0.717) is 29.8 Å². The number of hydrogen-bond acceptors (Lipinski definition) is 8. The van der Waals surface area contributed by atoms with E-state index in [1.807, 2.05) is 108 Å². The molecule has 64 heavy (non-hydrogen) atoms. The van der Waals surface area contributed by atoms with Gasteiger partial charge < -0.3 is 25.2 Å². The summed E-state index contributed by atoms with van der Waals surface area (Å²) in [7, 11) is 0. The summed E-state index contributed by atoms with van der Waals surface area (Å²) in [6.45, 7) is 2.58. The van der Waals surface area contributed by atoms with Crippen LogP contribution in [0.2, 0.25) is 0 Å². The van der Waals surface area contributed by atoms with Gasteiger partial charge in [0.05, 0.1) is 36.3 Å². The molecule has 326 valence electrons. The zero-order valence-electron chi connectivity index (χ0n) is 35.8. The average molecular weight is 857 g/mol. The molecule has 3 saturated heterocycles. The minimum atomic E-state index is -1.92. The van der Waals surface area contributed by atoms with Crippen LogP contribution in [0.25, 0.3) is 0 Å². The normalized spacial score (nSPS) is 24.7. The number of aliphatic hydroxyl groups is 1. The van der Waals surface area contributed by atoms with Gasteiger partial charge in [0.25, 0.3) is 0 Å². The Bertz CT molecular complexity index is 2570. The van der Waals surface area contributed by atoms with Gasteiger partial charge in [-0.05, 0) is 77.9 Å². The third kappa shape index (κ3) is 7.50. The van der Waals surface area contributed by atoms with Gasteiger partial charge in [0.1, 0.15) is 23.3 Å². The number of carbonyl (C=O) groups excluding carboxylic acids is 4. The number of phenolic OH excluding ortho intramolecular Hbond substituents is 1. The number of aromatic hydroxyl groups is 1. The molecule has 4 amide bonds. The van der Waals surface area contributed by atoms with Crippen LogP contribution in [0, 0.1) is 17.8 Å². The maximum atomic E-state index is 16.5. The molecule has 7 atom stereocenters.